The molecule has 0 aliphatic carbocycles. The molecule has 0 aliphatic rings. The first-order valence-corrected chi connectivity index (χ1v) is 7.61. The van der Waals surface area contributed by atoms with E-state index in [9.17, 15) is 4.79 Å². The Morgan fingerprint density at radius 1 is 1.17 bits per heavy atom. The van der Waals surface area contributed by atoms with E-state index in [0.29, 0.717) is 6.42 Å². The quantitative estimate of drug-likeness (QED) is 0.526. The monoisotopic (exact) mass is 321 g/mol. The molecule has 0 saturated heterocycles. The molecule has 3 aromatic heterocycles. The van der Waals surface area contributed by atoms with Crippen LogP contribution in [0.15, 0.2) is 53.3 Å². The number of nitrogens with zero attached hydrogens (tertiary/aromatic N) is 2. The van der Waals surface area contributed by atoms with E-state index in [1.807, 2.05) is 18.3 Å². The van der Waals surface area contributed by atoms with Crippen LogP contribution in [0.1, 0.15) is 21.9 Å². The lowest BCUT2D eigenvalue weighted by Crippen LogP contribution is -2.12. The van der Waals surface area contributed by atoms with Gasteiger partial charge in [0, 0.05) is 23.5 Å². The van der Waals surface area contributed by atoms with Crippen LogP contribution in [-0.2, 0) is 12.8 Å². The van der Waals surface area contributed by atoms with Gasteiger partial charge >= 0.3 is 0 Å². The number of para-hydroxylation sites is 1. The third-order valence-corrected chi connectivity index (χ3v) is 3.81. The Balaban J connectivity index is 1.41. The number of aryl methyl sites for hydroxylation is 2. The van der Waals surface area contributed by atoms with Crippen LogP contribution in [0.2, 0.25) is 0 Å². The lowest BCUT2D eigenvalue weighted by molar-refractivity contribution is 0.0996. The number of hydrogen-bond donors (Lipinski definition) is 3. The maximum absolute atomic E-state index is 11.9. The highest BCUT2D eigenvalue weighted by molar-refractivity contribution is 6.01. The zero-order chi connectivity index (χ0) is 16.4. The lowest BCUT2D eigenvalue weighted by atomic mass is 10.1. The molecule has 1 aromatic carbocycles. The molecule has 1 amide bonds. The summed E-state index contributed by atoms with van der Waals surface area (Å²) in [5, 5.41) is 10.7. The molecular formula is C17H15N5O2. The summed E-state index contributed by atoms with van der Waals surface area (Å²) in [6.07, 6.45) is 4.98. The van der Waals surface area contributed by atoms with Crippen molar-refractivity contribution in [2.75, 3.05) is 5.32 Å². The van der Waals surface area contributed by atoms with Gasteiger partial charge in [0.1, 0.15) is 5.82 Å². The summed E-state index contributed by atoms with van der Waals surface area (Å²) >= 11 is 0. The number of anilines is 1. The summed E-state index contributed by atoms with van der Waals surface area (Å²) in [5.41, 5.74) is 2.35. The molecule has 0 saturated carbocycles. The van der Waals surface area contributed by atoms with Crippen molar-refractivity contribution in [3.05, 3.63) is 66.0 Å². The first-order chi connectivity index (χ1) is 11.8. The third-order valence-electron chi connectivity index (χ3n) is 3.81. The zero-order valence-electron chi connectivity index (χ0n) is 12.7. The highest BCUT2D eigenvalue weighted by Gasteiger charge is 2.12. The fraction of sp³-hybridized carbons (Fsp3) is 0.118. The van der Waals surface area contributed by atoms with Gasteiger partial charge in [-0.05, 0) is 30.2 Å². The lowest BCUT2D eigenvalue weighted by Gasteiger charge is -1.97. The topological polar surface area (TPSA) is 99.6 Å². The van der Waals surface area contributed by atoms with Gasteiger partial charge in [-0.1, -0.05) is 18.2 Å². The number of H-pyrrole nitrogens is 2. The Bertz CT molecular complexity index is 968. The Labute approximate surface area is 137 Å². The van der Waals surface area contributed by atoms with Gasteiger partial charge < -0.3 is 9.40 Å². The summed E-state index contributed by atoms with van der Waals surface area (Å²) in [6.45, 7) is 0. The number of rotatable bonds is 5. The molecule has 4 rings (SSSR count). The van der Waals surface area contributed by atoms with Gasteiger partial charge in [-0.15, -0.1) is 5.10 Å². The van der Waals surface area contributed by atoms with E-state index in [-0.39, 0.29) is 17.6 Å². The van der Waals surface area contributed by atoms with Crippen LogP contribution >= 0.6 is 0 Å². The molecule has 0 atom stereocenters. The first-order valence-electron chi connectivity index (χ1n) is 7.61. The van der Waals surface area contributed by atoms with Crippen LogP contribution in [0.4, 0.5) is 5.95 Å². The Morgan fingerprint density at radius 2 is 2.08 bits per heavy atom. The summed E-state index contributed by atoms with van der Waals surface area (Å²) in [7, 11) is 0. The molecule has 3 N–H and O–H groups in total. The Morgan fingerprint density at radius 3 is 2.96 bits per heavy atom. The molecule has 24 heavy (non-hydrogen) atoms. The van der Waals surface area contributed by atoms with Crippen molar-refractivity contribution >= 4 is 22.8 Å². The van der Waals surface area contributed by atoms with Crippen LogP contribution in [0, 0.1) is 0 Å². The number of furan rings is 1. The summed E-state index contributed by atoms with van der Waals surface area (Å²) in [4.78, 5) is 19.4. The summed E-state index contributed by atoms with van der Waals surface area (Å²) in [6, 6.07) is 11.4. The van der Waals surface area contributed by atoms with E-state index in [0.717, 1.165) is 17.8 Å². The largest absolute Gasteiger partial charge is 0.459 e. The number of nitrogens with one attached hydrogen (secondary N) is 3. The number of amides is 1. The number of aromatic amines is 2. The number of hydrogen-bond acceptors (Lipinski definition) is 4. The molecule has 0 bridgehead atoms. The molecule has 7 nitrogen and oxygen atoms in total. The average Bonchev–Trinajstić information content (AvgIpc) is 3.34. The highest BCUT2D eigenvalue weighted by atomic mass is 16.3. The first kappa shape index (κ1) is 14.3. The molecule has 0 radical (unpaired) electrons. The van der Waals surface area contributed by atoms with Gasteiger partial charge in [-0.25, -0.2) is 0 Å². The molecule has 0 unspecified atom stereocenters. The smallest absolute Gasteiger partial charge is 0.293 e. The molecule has 0 spiro atoms. The van der Waals surface area contributed by atoms with Gasteiger partial charge in [-0.2, -0.15) is 4.98 Å². The maximum Gasteiger partial charge on any atom is 0.293 e. The van der Waals surface area contributed by atoms with Crippen molar-refractivity contribution in [3.63, 3.8) is 0 Å². The van der Waals surface area contributed by atoms with Crippen LogP contribution in [0.5, 0.6) is 0 Å². The van der Waals surface area contributed by atoms with E-state index >= 15 is 0 Å². The number of carbonyl (C=O) groups excluding carboxylic acids is 1. The fourth-order valence-electron chi connectivity index (χ4n) is 2.63. The Hall–Kier alpha value is -3.35. The predicted molar refractivity (Wildman–Crippen MR) is 88.8 cm³/mol. The number of benzene rings is 1. The minimum absolute atomic E-state index is 0.222. The van der Waals surface area contributed by atoms with Gasteiger partial charge in [0.2, 0.25) is 5.95 Å². The van der Waals surface area contributed by atoms with Crippen molar-refractivity contribution in [1.82, 2.24) is 20.2 Å². The average molecular weight is 321 g/mol. The predicted octanol–water partition coefficient (Wildman–Crippen LogP) is 2.92. The second kappa shape index (κ2) is 6.04. The maximum atomic E-state index is 11.9. The van der Waals surface area contributed by atoms with Gasteiger partial charge in [0.25, 0.3) is 5.91 Å². The molecular weight excluding hydrogens is 306 g/mol. The second-order valence-corrected chi connectivity index (χ2v) is 5.40. The van der Waals surface area contributed by atoms with Gasteiger partial charge in [-0.3, -0.25) is 15.2 Å². The van der Waals surface area contributed by atoms with Crippen molar-refractivity contribution in [2.24, 2.45) is 0 Å². The normalized spacial score (nSPS) is 11.0. The molecule has 7 heteroatoms. The highest BCUT2D eigenvalue weighted by Crippen LogP contribution is 2.19. The number of fused-ring (bicyclic) bond motifs is 1. The molecule has 0 fully saturated rings. The second-order valence-electron chi connectivity index (χ2n) is 5.40. The SMILES string of the molecule is O=C(Nc1n[nH]c(CCc2c[nH]c3ccccc23)n1)c1ccco1. The number of aromatic nitrogens is 4. The van der Waals surface area contributed by atoms with Crippen LogP contribution in [-0.4, -0.2) is 26.1 Å². The standard InChI is InChI=1S/C17H15N5O2/c23-16(14-6-3-9-24-14)20-17-19-15(21-22-17)8-7-11-10-18-13-5-2-1-4-12(11)13/h1-6,9-10,18H,7-8H2,(H2,19,20,21,22,23). The van der Waals surface area contributed by atoms with Crippen molar-refractivity contribution in [2.45, 2.75) is 12.8 Å². The Kier molecular flexibility index (Phi) is 3.59. The van der Waals surface area contributed by atoms with Crippen LogP contribution < -0.4 is 5.32 Å². The third kappa shape index (κ3) is 2.79. The molecule has 3 heterocycles. The van der Waals surface area contributed by atoms with E-state index in [1.54, 1.807) is 12.1 Å². The molecule has 120 valence electrons. The summed E-state index contributed by atoms with van der Waals surface area (Å²) < 4.78 is 5.03. The van der Waals surface area contributed by atoms with E-state index in [2.05, 4.69) is 37.6 Å². The molecule has 4 aromatic rings. The van der Waals surface area contributed by atoms with Gasteiger partial charge in [0.15, 0.2) is 5.76 Å². The van der Waals surface area contributed by atoms with Crippen molar-refractivity contribution in [3.8, 4) is 0 Å². The van der Waals surface area contributed by atoms with Crippen molar-refractivity contribution < 1.29 is 9.21 Å². The van der Waals surface area contributed by atoms with Crippen molar-refractivity contribution in [1.29, 1.82) is 0 Å². The van der Waals surface area contributed by atoms with Crippen LogP contribution in [0.3, 0.4) is 0 Å². The minimum Gasteiger partial charge on any atom is -0.459 e. The zero-order valence-corrected chi connectivity index (χ0v) is 12.7. The van der Waals surface area contributed by atoms with E-state index < -0.39 is 0 Å². The summed E-state index contributed by atoms with van der Waals surface area (Å²) in [5.74, 6) is 0.808. The van der Waals surface area contributed by atoms with E-state index in [1.165, 1.54) is 17.2 Å². The minimum atomic E-state index is -0.373. The van der Waals surface area contributed by atoms with Crippen LogP contribution in [0.25, 0.3) is 10.9 Å². The van der Waals surface area contributed by atoms with E-state index in [4.69, 9.17) is 4.42 Å². The van der Waals surface area contributed by atoms with Gasteiger partial charge in [0.05, 0.1) is 6.26 Å². The molecule has 0 aliphatic heterocycles. The number of carbonyl (C=O) groups is 1. The fourth-order valence-corrected chi connectivity index (χ4v) is 2.63.